The molecule has 3 aromatic rings. The summed E-state index contributed by atoms with van der Waals surface area (Å²) in [6.07, 6.45) is 5.41. The van der Waals surface area contributed by atoms with Crippen molar-refractivity contribution in [3.63, 3.8) is 0 Å². The molecule has 0 bridgehead atoms. The summed E-state index contributed by atoms with van der Waals surface area (Å²) in [5.74, 6) is 1.80. The van der Waals surface area contributed by atoms with Crippen molar-refractivity contribution < 1.29 is 0 Å². The number of benzene rings is 1. The molecule has 126 valence electrons. The maximum atomic E-state index is 4.95. The van der Waals surface area contributed by atoms with Crippen molar-refractivity contribution in [2.24, 2.45) is 21.4 Å². The Labute approximate surface area is 149 Å². The number of aromatic nitrogens is 1. The molecule has 1 saturated carbocycles. The van der Waals surface area contributed by atoms with E-state index in [2.05, 4.69) is 50.4 Å². The van der Waals surface area contributed by atoms with E-state index in [4.69, 9.17) is 4.98 Å². The van der Waals surface area contributed by atoms with Gasteiger partial charge in [0.2, 0.25) is 0 Å². The Morgan fingerprint density at radius 3 is 2.88 bits per heavy atom. The molecular weight excluding hydrogens is 330 g/mol. The van der Waals surface area contributed by atoms with Crippen LogP contribution >= 0.6 is 11.3 Å². The molecule has 5 nitrogen and oxygen atoms in total. The molecule has 25 heavy (non-hydrogen) atoms. The molecule has 3 heterocycles. The van der Waals surface area contributed by atoms with Crippen LogP contribution in [0.1, 0.15) is 31.2 Å². The van der Waals surface area contributed by atoms with Crippen LogP contribution in [0.5, 0.6) is 0 Å². The Kier molecular flexibility index (Phi) is 3.70. The topological polar surface area (TPSA) is 62.0 Å². The molecule has 6 heteroatoms. The molecule has 0 saturated heterocycles. The number of nitrogens with one attached hydrogen (secondary N) is 1. The summed E-state index contributed by atoms with van der Waals surface area (Å²) in [7, 11) is 0. The second-order valence-corrected chi connectivity index (χ2v) is 7.74. The highest BCUT2D eigenvalue weighted by atomic mass is 32.1. The fraction of sp³-hybridized carbons (Fsp3) is 0.368. The molecule has 1 aliphatic carbocycles. The van der Waals surface area contributed by atoms with E-state index in [1.807, 2.05) is 0 Å². The zero-order chi connectivity index (χ0) is 16.6. The summed E-state index contributed by atoms with van der Waals surface area (Å²) in [4.78, 5) is 4.95. The Morgan fingerprint density at radius 1 is 1.12 bits per heavy atom. The van der Waals surface area contributed by atoms with Crippen molar-refractivity contribution in [1.29, 1.82) is 0 Å². The van der Waals surface area contributed by atoms with Gasteiger partial charge in [-0.2, -0.15) is 5.11 Å². The minimum Gasteiger partial charge on any atom is -0.369 e. The van der Waals surface area contributed by atoms with E-state index in [0.717, 1.165) is 35.1 Å². The molecule has 1 aliphatic heterocycles. The van der Waals surface area contributed by atoms with Crippen LogP contribution in [-0.2, 0) is 0 Å². The molecule has 2 aliphatic rings. The summed E-state index contributed by atoms with van der Waals surface area (Å²) in [5, 5.41) is 20.0. The Bertz CT molecular complexity index is 998. The third-order valence-corrected chi connectivity index (χ3v) is 6.16. The minimum atomic E-state index is 0.555. The largest absolute Gasteiger partial charge is 0.369 e. The highest BCUT2D eigenvalue weighted by Gasteiger charge is 2.17. The Balaban J connectivity index is 1.56. The number of hydrogen-bond acceptors (Lipinski definition) is 6. The molecule has 0 atom stereocenters. The van der Waals surface area contributed by atoms with E-state index >= 15 is 0 Å². The lowest BCUT2D eigenvalue weighted by molar-refractivity contribution is 0.579. The maximum Gasteiger partial charge on any atom is 0.135 e. The van der Waals surface area contributed by atoms with Gasteiger partial charge in [-0.05, 0) is 41.5 Å². The van der Waals surface area contributed by atoms with Gasteiger partial charge in [-0.3, -0.25) is 0 Å². The zero-order valence-corrected chi connectivity index (χ0v) is 14.7. The van der Waals surface area contributed by atoms with E-state index in [9.17, 15) is 0 Å². The van der Waals surface area contributed by atoms with Crippen molar-refractivity contribution in [2.75, 3.05) is 18.4 Å². The van der Waals surface area contributed by atoms with Crippen molar-refractivity contribution in [3.05, 3.63) is 35.2 Å². The number of hydrogen-bond donors (Lipinski definition) is 1. The standard InChI is InChI=1S/C19H19N5S/c1-2-4-12(3-1)10-20-19-15-7-8-25-18(15)14-6-5-13(9-16(14)22-19)17-11-21-24-23-17/h5-9,12H,1-4,10-11H2,(H,20,22). The maximum absolute atomic E-state index is 4.95. The van der Waals surface area contributed by atoms with E-state index in [0.29, 0.717) is 6.54 Å². The predicted octanol–water partition coefficient (Wildman–Crippen LogP) is 5.22. The van der Waals surface area contributed by atoms with Gasteiger partial charge >= 0.3 is 0 Å². The molecule has 1 aromatic carbocycles. The Morgan fingerprint density at radius 2 is 2.04 bits per heavy atom. The van der Waals surface area contributed by atoms with Gasteiger partial charge in [0.1, 0.15) is 12.4 Å². The first kappa shape index (κ1) is 15.0. The van der Waals surface area contributed by atoms with Crippen LogP contribution in [-0.4, -0.2) is 23.8 Å². The summed E-state index contributed by atoms with van der Waals surface area (Å²) >= 11 is 1.78. The summed E-state index contributed by atoms with van der Waals surface area (Å²) < 4.78 is 1.30. The highest BCUT2D eigenvalue weighted by molar-refractivity contribution is 7.18. The Hall–Kier alpha value is -2.34. The normalized spacial score (nSPS) is 17.7. The molecule has 0 unspecified atom stereocenters. The number of pyridine rings is 1. The van der Waals surface area contributed by atoms with Crippen LogP contribution in [0.4, 0.5) is 5.82 Å². The van der Waals surface area contributed by atoms with Crippen LogP contribution in [0.2, 0.25) is 0 Å². The highest BCUT2D eigenvalue weighted by Crippen LogP contribution is 2.34. The van der Waals surface area contributed by atoms with Gasteiger partial charge in [-0.25, -0.2) is 4.98 Å². The van der Waals surface area contributed by atoms with E-state index in [-0.39, 0.29) is 0 Å². The van der Waals surface area contributed by atoms with E-state index < -0.39 is 0 Å². The second kappa shape index (κ2) is 6.19. The zero-order valence-electron chi connectivity index (χ0n) is 13.9. The third kappa shape index (κ3) is 2.70. The molecule has 0 radical (unpaired) electrons. The average Bonchev–Trinajstić information content (AvgIpc) is 3.41. The smallest absolute Gasteiger partial charge is 0.135 e. The van der Waals surface area contributed by atoms with Crippen LogP contribution < -0.4 is 5.32 Å². The van der Waals surface area contributed by atoms with Gasteiger partial charge in [-0.1, -0.05) is 25.0 Å². The number of anilines is 1. The van der Waals surface area contributed by atoms with Crippen LogP contribution in [0.25, 0.3) is 21.0 Å². The van der Waals surface area contributed by atoms with Gasteiger partial charge in [-0.15, -0.1) is 16.4 Å². The number of fused-ring (bicyclic) bond motifs is 3. The first-order valence-corrected chi connectivity index (χ1v) is 9.75. The summed E-state index contributed by atoms with van der Waals surface area (Å²) in [6, 6.07) is 8.54. The van der Waals surface area contributed by atoms with Gasteiger partial charge < -0.3 is 5.32 Å². The van der Waals surface area contributed by atoms with Crippen molar-refractivity contribution in [1.82, 2.24) is 4.98 Å². The molecule has 2 aromatic heterocycles. The quantitative estimate of drug-likeness (QED) is 0.702. The summed E-state index contributed by atoms with van der Waals surface area (Å²) in [5.41, 5.74) is 2.98. The van der Waals surface area contributed by atoms with Gasteiger partial charge in [0, 0.05) is 27.6 Å². The molecule has 0 amide bonds. The molecule has 1 N–H and O–H groups in total. The number of rotatable bonds is 4. The first-order valence-electron chi connectivity index (χ1n) is 8.87. The first-order chi connectivity index (χ1) is 12.4. The lowest BCUT2D eigenvalue weighted by Gasteiger charge is -2.13. The van der Waals surface area contributed by atoms with Crippen LogP contribution in [0.15, 0.2) is 45.1 Å². The minimum absolute atomic E-state index is 0.555. The van der Waals surface area contributed by atoms with E-state index in [1.165, 1.54) is 41.2 Å². The van der Waals surface area contributed by atoms with Crippen molar-refractivity contribution >= 4 is 43.9 Å². The third-order valence-electron chi connectivity index (χ3n) is 5.21. The fourth-order valence-corrected chi connectivity index (χ4v) is 4.77. The molecule has 5 rings (SSSR count). The van der Waals surface area contributed by atoms with Crippen LogP contribution in [0.3, 0.4) is 0 Å². The summed E-state index contributed by atoms with van der Waals surface area (Å²) in [6.45, 7) is 1.58. The lowest BCUT2D eigenvalue weighted by atomic mass is 10.1. The number of thiophene rings is 1. The van der Waals surface area contributed by atoms with Gasteiger partial charge in [0.15, 0.2) is 0 Å². The van der Waals surface area contributed by atoms with Gasteiger partial charge in [0.25, 0.3) is 0 Å². The average molecular weight is 349 g/mol. The fourth-order valence-electron chi connectivity index (χ4n) is 3.84. The van der Waals surface area contributed by atoms with E-state index in [1.54, 1.807) is 11.3 Å². The van der Waals surface area contributed by atoms with Crippen molar-refractivity contribution in [2.45, 2.75) is 25.7 Å². The van der Waals surface area contributed by atoms with Crippen molar-refractivity contribution in [3.8, 4) is 0 Å². The molecule has 0 spiro atoms. The van der Waals surface area contributed by atoms with Gasteiger partial charge in [0.05, 0.1) is 11.2 Å². The SMILES string of the molecule is c1cc2c(NCC3CCCC3)nc3cc(C4=NN=NC4)ccc3c2s1. The monoisotopic (exact) mass is 349 g/mol. The molecular formula is C19H19N5S. The van der Waals surface area contributed by atoms with Crippen LogP contribution in [0, 0.1) is 5.92 Å². The molecule has 1 fully saturated rings. The number of nitrogens with zero attached hydrogens (tertiary/aromatic N) is 4. The second-order valence-electron chi connectivity index (χ2n) is 6.82. The lowest BCUT2D eigenvalue weighted by Crippen LogP contribution is -2.12. The predicted molar refractivity (Wildman–Crippen MR) is 104 cm³/mol.